The summed E-state index contributed by atoms with van der Waals surface area (Å²) in [5.41, 5.74) is 0.997. The van der Waals surface area contributed by atoms with Crippen LogP contribution in [0.15, 0.2) is 30.3 Å². The van der Waals surface area contributed by atoms with Crippen LogP contribution in [0.4, 0.5) is 4.79 Å². The summed E-state index contributed by atoms with van der Waals surface area (Å²) >= 11 is 5.89. The lowest BCUT2D eigenvalue weighted by atomic mass is 10.1. The second kappa shape index (κ2) is 9.44. The zero-order valence-electron chi connectivity index (χ0n) is 17.3. The van der Waals surface area contributed by atoms with Crippen LogP contribution in [-0.4, -0.2) is 43.9 Å². The maximum Gasteiger partial charge on any atom is 0.410 e. The Bertz CT molecular complexity index is 603. The van der Waals surface area contributed by atoms with Crippen molar-refractivity contribution in [1.29, 1.82) is 0 Å². The molecule has 1 aromatic carbocycles. The Morgan fingerprint density at radius 3 is 2.52 bits per heavy atom. The van der Waals surface area contributed by atoms with Crippen LogP contribution in [0.1, 0.15) is 45.6 Å². The minimum Gasteiger partial charge on any atom is -0.445 e. The summed E-state index contributed by atoms with van der Waals surface area (Å²) in [6, 6.07) is 9.92. The highest BCUT2D eigenvalue weighted by atomic mass is 35.5. The first-order chi connectivity index (χ1) is 12.6. The number of halogens is 1. The van der Waals surface area contributed by atoms with Crippen LogP contribution in [0.5, 0.6) is 0 Å². The normalized spacial score (nSPS) is 20.7. The third-order valence-corrected chi connectivity index (χ3v) is 10.6. The fraction of sp³-hybridized carbons (Fsp3) is 0.667. The minimum atomic E-state index is -1.87. The van der Waals surface area contributed by atoms with Gasteiger partial charge in [0.15, 0.2) is 8.32 Å². The first kappa shape index (κ1) is 22.2. The Morgan fingerprint density at radius 1 is 1.26 bits per heavy atom. The van der Waals surface area contributed by atoms with E-state index in [0.717, 1.165) is 24.8 Å². The number of likely N-dealkylation sites (tertiary alicyclic amines) is 1. The van der Waals surface area contributed by atoms with Gasteiger partial charge in [-0.3, -0.25) is 0 Å². The molecule has 0 spiro atoms. The van der Waals surface area contributed by atoms with E-state index in [1.54, 1.807) is 0 Å². The quantitative estimate of drug-likeness (QED) is 0.420. The molecule has 0 aromatic heterocycles. The molecule has 6 heteroatoms. The summed E-state index contributed by atoms with van der Waals surface area (Å²) in [4.78, 5) is 14.6. The summed E-state index contributed by atoms with van der Waals surface area (Å²) in [6.45, 7) is 12.1. The number of ether oxygens (including phenoxy) is 1. The molecule has 1 aromatic rings. The van der Waals surface area contributed by atoms with Crippen molar-refractivity contribution in [2.24, 2.45) is 0 Å². The molecule has 0 N–H and O–H groups in total. The average Bonchev–Trinajstić information content (AvgIpc) is 2.99. The number of nitrogens with zero attached hydrogens (tertiary/aromatic N) is 1. The molecule has 1 amide bonds. The van der Waals surface area contributed by atoms with E-state index >= 15 is 0 Å². The Balaban J connectivity index is 2.00. The molecule has 1 aliphatic rings. The van der Waals surface area contributed by atoms with Gasteiger partial charge in [0.05, 0.1) is 6.10 Å². The lowest BCUT2D eigenvalue weighted by molar-refractivity contribution is 0.0871. The van der Waals surface area contributed by atoms with Gasteiger partial charge in [0, 0.05) is 18.5 Å². The van der Waals surface area contributed by atoms with Gasteiger partial charge in [-0.15, -0.1) is 11.6 Å². The van der Waals surface area contributed by atoms with Crippen LogP contribution < -0.4 is 0 Å². The van der Waals surface area contributed by atoms with Gasteiger partial charge in [0.2, 0.25) is 0 Å². The lowest BCUT2D eigenvalue weighted by Gasteiger charge is -2.38. The van der Waals surface area contributed by atoms with Gasteiger partial charge in [-0.1, -0.05) is 51.1 Å². The molecule has 0 bridgehead atoms. The lowest BCUT2D eigenvalue weighted by Crippen LogP contribution is -2.44. The maximum absolute atomic E-state index is 12.7. The summed E-state index contributed by atoms with van der Waals surface area (Å²) < 4.78 is 12.2. The van der Waals surface area contributed by atoms with Crippen molar-refractivity contribution in [1.82, 2.24) is 4.90 Å². The Labute approximate surface area is 170 Å². The smallest absolute Gasteiger partial charge is 0.410 e. The van der Waals surface area contributed by atoms with E-state index in [1.165, 1.54) is 0 Å². The predicted octanol–water partition coefficient (Wildman–Crippen LogP) is 5.81. The van der Waals surface area contributed by atoms with E-state index in [0.29, 0.717) is 19.0 Å². The second-order valence-corrected chi connectivity index (χ2v) is 14.0. The number of carbonyl (C=O) groups excluding carboxylic acids is 1. The average molecular weight is 412 g/mol. The van der Waals surface area contributed by atoms with E-state index in [1.807, 2.05) is 35.2 Å². The van der Waals surface area contributed by atoms with Gasteiger partial charge in [0.1, 0.15) is 6.61 Å². The van der Waals surface area contributed by atoms with E-state index < -0.39 is 8.32 Å². The molecule has 152 valence electrons. The van der Waals surface area contributed by atoms with Crippen LogP contribution in [0, 0.1) is 0 Å². The van der Waals surface area contributed by atoms with Gasteiger partial charge in [-0.2, -0.15) is 0 Å². The third-order valence-electron chi connectivity index (χ3n) is 5.75. The largest absolute Gasteiger partial charge is 0.445 e. The first-order valence-corrected chi connectivity index (χ1v) is 13.3. The standard InChI is InChI=1S/C21H34ClNO3Si/c1-21(2,3)27(4,5)26-19-14-18(12-9-13-22)23(15-19)20(24)25-16-17-10-7-6-8-11-17/h6-8,10-11,18-19H,9,12-16H2,1-5H3/t18-,19-/m1/s1. The van der Waals surface area contributed by atoms with E-state index in [4.69, 9.17) is 20.8 Å². The molecule has 4 nitrogen and oxygen atoms in total. The summed E-state index contributed by atoms with van der Waals surface area (Å²) in [5.74, 6) is 0.608. The van der Waals surface area contributed by atoms with Crippen molar-refractivity contribution in [3.8, 4) is 0 Å². The topological polar surface area (TPSA) is 38.8 Å². The fourth-order valence-electron chi connectivity index (χ4n) is 3.16. The first-order valence-electron chi connectivity index (χ1n) is 9.85. The third kappa shape index (κ3) is 6.23. The summed E-state index contributed by atoms with van der Waals surface area (Å²) in [7, 11) is -1.87. The van der Waals surface area contributed by atoms with Gasteiger partial charge < -0.3 is 14.1 Å². The Hall–Kier alpha value is -1.04. The van der Waals surface area contributed by atoms with Gasteiger partial charge in [0.25, 0.3) is 0 Å². The number of amides is 1. The molecular formula is C21H34ClNO3Si. The highest BCUT2D eigenvalue weighted by Gasteiger charge is 2.43. The van der Waals surface area contributed by atoms with Crippen LogP contribution in [0.2, 0.25) is 18.1 Å². The molecule has 1 fully saturated rings. The molecule has 2 rings (SSSR count). The Morgan fingerprint density at radius 2 is 1.93 bits per heavy atom. The van der Waals surface area contributed by atoms with Crippen molar-refractivity contribution < 1.29 is 14.0 Å². The van der Waals surface area contributed by atoms with E-state index in [9.17, 15) is 4.79 Å². The number of benzene rings is 1. The highest BCUT2D eigenvalue weighted by Crippen LogP contribution is 2.39. The number of hydrogen-bond acceptors (Lipinski definition) is 3. The zero-order valence-corrected chi connectivity index (χ0v) is 19.1. The maximum atomic E-state index is 12.7. The molecule has 1 saturated heterocycles. The van der Waals surface area contributed by atoms with Crippen LogP contribution in [0.25, 0.3) is 0 Å². The number of rotatable bonds is 7. The molecule has 0 aliphatic carbocycles. The Kier molecular flexibility index (Phi) is 7.78. The molecule has 1 aliphatic heterocycles. The predicted molar refractivity (Wildman–Crippen MR) is 114 cm³/mol. The molecule has 2 atom stereocenters. The van der Waals surface area contributed by atoms with Gasteiger partial charge in [-0.25, -0.2) is 4.79 Å². The molecule has 0 saturated carbocycles. The van der Waals surface area contributed by atoms with Gasteiger partial charge in [-0.05, 0) is 43.0 Å². The minimum absolute atomic E-state index is 0.0792. The van der Waals surface area contributed by atoms with Crippen molar-refractivity contribution in [2.45, 2.75) is 76.9 Å². The molecule has 0 radical (unpaired) electrons. The monoisotopic (exact) mass is 411 g/mol. The van der Waals surface area contributed by atoms with Crippen LogP contribution >= 0.6 is 11.6 Å². The molecule has 27 heavy (non-hydrogen) atoms. The summed E-state index contributed by atoms with van der Waals surface area (Å²) in [6.07, 6.45) is 2.47. The SMILES string of the molecule is CC(C)(C)[Si](C)(C)O[C@@H]1C[C@@H](CCCCl)N(C(=O)OCc2ccccc2)C1. The van der Waals surface area contributed by atoms with Crippen molar-refractivity contribution in [3.05, 3.63) is 35.9 Å². The zero-order chi connectivity index (χ0) is 20.1. The molecule has 0 unspecified atom stereocenters. The van der Waals surface area contributed by atoms with E-state index in [-0.39, 0.29) is 23.3 Å². The van der Waals surface area contributed by atoms with Gasteiger partial charge >= 0.3 is 6.09 Å². The van der Waals surface area contributed by atoms with Crippen molar-refractivity contribution in [2.75, 3.05) is 12.4 Å². The van der Waals surface area contributed by atoms with Crippen molar-refractivity contribution >= 4 is 26.0 Å². The summed E-state index contributed by atoms with van der Waals surface area (Å²) in [5, 5.41) is 0.153. The molecular weight excluding hydrogens is 378 g/mol. The molecule has 1 heterocycles. The van der Waals surface area contributed by atoms with Crippen LogP contribution in [-0.2, 0) is 15.8 Å². The van der Waals surface area contributed by atoms with Crippen molar-refractivity contribution in [3.63, 3.8) is 0 Å². The number of hydrogen-bond donors (Lipinski definition) is 0. The second-order valence-electron chi connectivity index (χ2n) is 8.91. The van der Waals surface area contributed by atoms with E-state index in [2.05, 4.69) is 33.9 Å². The number of carbonyl (C=O) groups is 1. The number of alkyl halides is 1. The van der Waals surface area contributed by atoms with Crippen LogP contribution in [0.3, 0.4) is 0 Å². The fourth-order valence-corrected chi connectivity index (χ4v) is 4.68. The highest BCUT2D eigenvalue weighted by molar-refractivity contribution is 6.74.